The van der Waals surface area contributed by atoms with E-state index in [0.29, 0.717) is 0 Å². The summed E-state index contributed by atoms with van der Waals surface area (Å²) in [7, 11) is 0. The predicted molar refractivity (Wildman–Crippen MR) is 57.5 cm³/mol. The average molecular weight is 198 g/mol. The Kier molecular flexibility index (Phi) is 4.08. The van der Waals surface area contributed by atoms with Crippen molar-refractivity contribution < 1.29 is 0 Å². The van der Waals surface area contributed by atoms with Gasteiger partial charge in [-0.05, 0) is 31.9 Å². The largest absolute Gasteiger partial charge is 0.314 e. The molecule has 1 aliphatic rings. The van der Waals surface area contributed by atoms with Crippen LogP contribution in [0.25, 0.3) is 0 Å². The van der Waals surface area contributed by atoms with Crippen LogP contribution >= 0.6 is 11.8 Å². The Hall–Kier alpha value is -0.200. The monoisotopic (exact) mass is 198 g/mol. The number of nitriles is 1. The van der Waals surface area contributed by atoms with Gasteiger partial charge in [-0.15, -0.1) is 0 Å². The molecule has 0 heterocycles. The molecule has 0 amide bonds. The first-order chi connectivity index (χ1) is 6.14. The maximum Gasteiger partial charge on any atom is 0.102 e. The Labute approximate surface area is 84.9 Å². The highest BCUT2D eigenvalue weighted by atomic mass is 32.2. The normalized spacial score (nSPS) is 22.5. The lowest BCUT2D eigenvalue weighted by Crippen LogP contribution is -2.34. The first kappa shape index (κ1) is 10.9. The molecule has 74 valence electrons. The van der Waals surface area contributed by atoms with Crippen LogP contribution in [0, 0.1) is 11.3 Å². The van der Waals surface area contributed by atoms with Crippen LogP contribution < -0.4 is 5.73 Å². The summed E-state index contributed by atoms with van der Waals surface area (Å²) in [6.07, 6.45) is 6.30. The van der Waals surface area contributed by atoms with Gasteiger partial charge in [-0.2, -0.15) is 17.0 Å². The molecule has 3 heteroatoms. The smallest absolute Gasteiger partial charge is 0.102 e. The van der Waals surface area contributed by atoms with Gasteiger partial charge in [0.05, 0.1) is 6.07 Å². The van der Waals surface area contributed by atoms with Crippen molar-refractivity contribution in [1.82, 2.24) is 0 Å². The number of nitrogens with zero attached hydrogens (tertiary/aromatic N) is 1. The van der Waals surface area contributed by atoms with E-state index in [-0.39, 0.29) is 0 Å². The molecule has 0 aromatic rings. The lowest BCUT2D eigenvalue weighted by atomic mass is 10.0. The Balaban J connectivity index is 2.10. The van der Waals surface area contributed by atoms with Gasteiger partial charge < -0.3 is 5.73 Å². The van der Waals surface area contributed by atoms with Crippen molar-refractivity contribution in [2.45, 2.75) is 49.8 Å². The van der Waals surface area contributed by atoms with Gasteiger partial charge in [0, 0.05) is 5.25 Å². The molecule has 1 aliphatic carbocycles. The first-order valence-electron chi connectivity index (χ1n) is 4.96. The molecule has 2 N–H and O–H groups in total. The lowest BCUT2D eigenvalue weighted by Gasteiger charge is -2.16. The van der Waals surface area contributed by atoms with Crippen LogP contribution in [-0.4, -0.2) is 16.5 Å². The summed E-state index contributed by atoms with van der Waals surface area (Å²) in [4.78, 5) is 0. The number of thioether (sulfide) groups is 1. The van der Waals surface area contributed by atoms with Gasteiger partial charge in [-0.1, -0.05) is 12.8 Å². The number of hydrogen-bond acceptors (Lipinski definition) is 3. The second-order valence-electron chi connectivity index (χ2n) is 4.06. The van der Waals surface area contributed by atoms with Crippen LogP contribution in [-0.2, 0) is 0 Å². The van der Waals surface area contributed by atoms with Crippen LogP contribution in [0.5, 0.6) is 0 Å². The quantitative estimate of drug-likeness (QED) is 0.754. The first-order valence-corrected chi connectivity index (χ1v) is 6.01. The fraction of sp³-hybridized carbons (Fsp3) is 0.900. The predicted octanol–water partition coefficient (Wildman–Crippen LogP) is 2.29. The van der Waals surface area contributed by atoms with Crippen LogP contribution in [0.15, 0.2) is 0 Å². The van der Waals surface area contributed by atoms with E-state index in [9.17, 15) is 0 Å². The summed E-state index contributed by atoms with van der Waals surface area (Å²) < 4.78 is 0. The molecule has 1 fully saturated rings. The molecular formula is C10H18N2S. The van der Waals surface area contributed by atoms with E-state index >= 15 is 0 Å². The lowest BCUT2D eigenvalue weighted by molar-refractivity contribution is 0.582. The molecule has 2 nitrogen and oxygen atoms in total. The highest BCUT2D eigenvalue weighted by molar-refractivity contribution is 7.99. The van der Waals surface area contributed by atoms with Crippen molar-refractivity contribution in [3.63, 3.8) is 0 Å². The Morgan fingerprint density at radius 3 is 2.69 bits per heavy atom. The topological polar surface area (TPSA) is 49.8 Å². The average Bonchev–Trinajstić information content (AvgIpc) is 2.57. The summed E-state index contributed by atoms with van der Waals surface area (Å²) in [5.41, 5.74) is 5.11. The highest BCUT2D eigenvalue weighted by Gasteiger charge is 2.19. The molecule has 13 heavy (non-hydrogen) atoms. The third-order valence-electron chi connectivity index (χ3n) is 2.53. The van der Waals surface area contributed by atoms with Crippen LogP contribution in [0.2, 0.25) is 0 Å². The van der Waals surface area contributed by atoms with Gasteiger partial charge in [0.1, 0.15) is 5.54 Å². The van der Waals surface area contributed by atoms with Gasteiger partial charge in [0.2, 0.25) is 0 Å². The molecule has 0 bridgehead atoms. The van der Waals surface area contributed by atoms with Crippen molar-refractivity contribution in [2.24, 2.45) is 5.73 Å². The maximum atomic E-state index is 8.70. The van der Waals surface area contributed by atoms with Crippen molar-refractivity contribution >= 4 is 11.8 Å². The van der Waals surface area contributed by atoms with Gasteiger partial charge in [-0.25, -0.2) is 0 Å². The zero-order valence-corrected chi connectivity index (χ0v) is 9.07. The van der Waals surface area contributed by atoms with Crippen LogP contribution in [0.4, 0.5) is 0 Å². The fourth-order valence-electron chi connectivity index (χ4n) is 1.55. The van der Waals surface area contributed by atoms with Crippen molar-refractivity contribution in [1.29, 1.82) is 5.26 Å². The Morgan fingerprint density at radius 2 is 2.15 bits per heavy atom. The van der Waals surface area contributed by atoms with E-state index in [1.807, 2.05) is 18.7 Å². The van der Waals surface area contributed by atoms with E-state index in [2.05, 4.69) is 6.07 Å². The summed E-state index contributed by atoms with van der Waals surface area (Å²) in [5, 5.41) is 9.54. The molecule has 1 saturated carbocycles. The fourth-order valence-corrected chi connectivity index (χ4v) is 3.09. The molecular weight excluding hydrogens is 180 g/mol. The number of nitrogens with two attached hydrogens (primary N) is 1. The molecule has 0 saturated heterocycles. The van der Waals surface area contributed by atoms with Crippen LogP contribution in [0.1, 0.15) is 39.0 Å². The van der Waals surface area contributed by atoms with Gasteiger partial charge in [0.25, 0.3) is 0 Å². The van der Waals surface area contributed by atoms with Crippen LogP contribution in [0.3, 0.4) is 0 Å². The van der Waals surface area contributed by atoms with E-state index < -0.39 is 5.54 Å². The minimum Gasteiger partial charge on any atom is -0.314 e. The summed E-state index contributed by atoms with van der Waals surface area (Å²) in [6.45, 7) is 1.81. The molecule has 0 aliphatic heterocycles. The zero-order valence-electron chi connectivity index (χ0n) is 8.25. The van der Waals surface area contributed by atoms with Crippen molar-refractivity contribution in [3.05, 3.63) is 0 Å². The maximum absolute atomic E-state index is 8.70. The van der Waals surface area contributed by atoms with Gasteiger partial charge >= 0.3 is 0 Å². The van der Waals surface area contributed by atoms with E-state index in [4.69, 9.17) is 11.0 Å². The summed E-state index contributed by atoms with van der Waals surface area (Å²) in [5.74, 6) is 1.03. The highest BCUT2D eigenvalue weighted by Crippen LogP contribution is 2.30. The van der Waals surface area contributed by atoms with Gasteiger partial charge in [-0.3, -0.25) is 0 Å². The third-order valence-corrected chi connectivity index (χ3v) is 3.92. The Morgan fingerprint density at radius 1 is 1.54 bits per heavy atom. The molecule has 0 aromatic heterocycles. The van der Waals surface area contributed by atoms with Gasteiger partial charge in [0.15, 0.2) is 0 Å². The zero-order chi connectivity index (χ0) is 9.73. The minimum absolute atomic E-state index is 0.619. The van der Waals surface area contributed by atoms with E-state index in [0.717, 1.165) is 17.4 Å². The summed E-state index contributed by atoms with van der Waals surface area (Å²) >= 11 is 2.00. The molecule has 0 spiro atoms. The van der Waals surface area contributed by atoms with Crippen molar-refractivity contribution in [2.75, 3.05) is 5.75 Å². The van der Waals surface area contributed by atoms with E-state index in [1.165, 1.54) is 25.7 Å². The second kappa shape index (κ2) is 4.88. The molecule has 0 aromatic carbocycles. The molecule has 1 rings (SSSR count). The Bertz CT molecular complexity index is 190. The molecule has 0 radical (unpaired) electrons. The standard InChI is InChI=1S/C10H18N2S/c1-10(12,8-11)6-7-13-9-4-2-3-5-9/h9H,2-7,12H2,1H3. The SMILES string of the molecule is CC(N)(C#N)CCSC1CCCC1. The van der Waals surface area contributed by atoms with Crippen molar-refractivity contribution in [3.8, 4) is 6.07 Å². The summed E-state index contributed by atoms with van der Waals surface area (Å²) in [6, 6.07) is 2.13. The van der Waals surface area contributed by atoms with E-state index in [1.54, 1.807) is 0 Å². The number of rotatable bonds is 4. The molecule has 1 unspecified atom stereocenters. The third kappa shape index (κ3) is 4.02. The minimum atomic E-state index is -0.619. The second-order valence-corrected chi connectivity index (χ2v) is 5.46. The molecule has 1 atom stereocenters. The number of hydrogen-bond donors (Lipinski definition) is 1.